The van der Waals surface area contributed by atoms with E-state index in [0.29, 0.717) is 22.3 Å². The Morgan fingerprint density at radius 1 is 1.46 bits per heavy atom. The molecule has 1 N–H and O–H groups in total. The number of aryl methyl sites for hydroxylation is 1. The fraction of sp³-hybridized carbons (Fsp3) is 0.647. The quantitative estimate of drug-likeness (QED) is 0.690. The number of carbonyl (C=O) groups excluding carboxylic acids is 1. The van der Waals surface area contributed by atoms with Gasteiger partial charge < -0.3 is 10.2 Å². The number of hydrogen-bond donors (Lipinski definition) is 1. The minimum Gasteiger partial charge on any atom is -0.354 e. The van der Waals surface area contributed by atoms with Crippen LogP contribution in [0.2, 0.25) is 0 Å². The highest BCUT2D eigenvalue weighted by Crippen LogP contribution is 2.29. The van der Waals surface area contributed by atoms with Crippen LogP contribution in [0, 0.1) is 6.92 Å². The Bertz CT molecular complexity index is 819. The van der Waals surface area contributed by atoms with Gasteiger partial charge in [-0.2, -0.15) is 16.3 Å². The van der Waals surface area contributed by atoms with Crippen molar-refractivity contribution in [2.75, 3.05) is 29.5 Å². The van der Waals surface area contributed by atoms with Crippen molar-refractivity contribution in [3.8, 4) is 0 Å². The van der Waals surface area contributed by atoms with Gasteiger partial charge in [0.2, 0.25) is 16.0 Å². The van der Waals surface area contributed by atoms with Crippen LogP contribution in [-0.2, 0) is 4.79 Å². The van der Waals surface area contributed by atoms with Gasteiger partial charge in [0.15, 0.2) is 0 Å². The maximum atomic E-state index is 12.6. The van der Waals surface area contributed by atoms with Crippen molar-refractivity contribution in [3.05, 3.63) is 22.1 Å². The van der Waals surface area contributed by atoms with E-state index in [2.05, 4.69) is 22.3 Å². The molecule has 0 unspecified atom stereocenters. The van der Waals surface area contributed by atoms with Crippen LogP contribution in [-0.4, -0.2) is 51.1 Å². The Balaban J connectivity index is 1.63. The van der Waals surface area contributed by atoms with Gasteiger partial charge in [-0.25, -0.2) is 4.98 Å². The minimum absolute atomic E-state index is 0.0544. The first-order chi connectivity index (χ1) is 12.6. The summed E-state index contributed by atoms with van der Waals surface area (Å²) in [6.45, 7) is 5.46. The number of nitrogens with zero attached hydrogens (tertiary/aromatic N) is 4. The second-order valence-corrected chi connectivity index (χ2v) is 8.58. The van der Waals surface area contributed by atoms with Gasteiger partial charge in [0.05, 0.1) is 0 Å². The summed E-state index contributed by atoms with van der Waals surface area (Å²) in [5.41, 5.74) is 0.502. The number of anilines is 1. The molecule has 2 aromatic rings. The zero-order valence-corrected chi connectivity index (χ0v) is 16.9. The van der Waals surface area contributed by atoms with Crippen LogP contribution < -0.4 is 15.8 Å². The Hall–Kier alpha value is -1.61. The lowest BCUT2D eigenvalue weighted by Gasteiger charge is -2.22. The van der Waals surface area contributed by atoms with Crippen molar-refractivity contribution in [1.29, 1.82) is 0 Å². The summed E-state index contributed by atoms with van der Waals surface area (Å²) < 4.78 is 1.32. The average molecular weight is 396 g/mol. The highest BCUT2D eigenvalue weighted by atomic mass is 32.2. The molecule has 1 aliphatic rings. The Labute approximate surface area is 161 Å². The molecule has 0 radical (unpaired) electrons. The third-order valence-electron chi connectivity index (χ3n) is 4.28. The predicted molar refractivity (Wildman–Crippen MR) is 107 cm³/mol. The van der Waals surface area contributed by atoms with Crippen molar-refractivity contribution >= 4 is 39.1 Å². The number of hydrogen-bond acceptors (Lipinski definition) is 7. The number of nitrogens with one attached hydrogen (secondary N) is 1. The van der Waals surface area contributed by atoms with E-state index in [9.17, 15) is 9.59 Å². The molecule has 142 valence electrons. The third-order valence-corrected chi connectivity index (χ3v) is 6.50. The van der Waals surface area contributed by atoms with Gasteiger partial charge in [-0.05, 0) is 44.1 Å². The molecule has 1 fully saturated rings. The second-order valence-electron chi connectivity index (χ2n) is 6.42. The maximum Gasteiger partial charge on any atom is 0.275 e. The number of carbonyl (C=O) groups is 1. The number of amides is 1. The zero-order valence-electron chi connectivity index (χ0n) is 15.2. The first-order valence-corrected chi connectivity index (χ1v) is 11.1. The normalized spacial score (nSPS) is 17.2. The number of thioether (sulfide) groups is 1. The molecule has 9 heteroatoms. The molecule has 2 aromatic heterocycles. The van der Waals surface area contributed by atoms with Gasteiger partial charge in [0.1, 0.15) is 6.04 Å². The van der Waals surface area contributed by atoms with Crippen LogP contribution in [0.25, 0.3) is 4.96 Å². The molecule has 1 atom stereocenters. The molecule has 26 heavy (non-hydrogen) atoms. The van der Waals surface area contributed by atoms with E-state index in [1.54, 1.807) is 6.92 Å². The minimum atomic E-state index is -0.212. The molecule has 3 rings (SSSR count). The van der Waals surface area contributed by atoms with E-state index in [1.807, 2.05) is 16.7 Å². The van der Waals surface area contributed by atoms with Crippen molar-refractivity contribution in [3.63, 3.8) is 0 Å². The Kier molecular flexibility index (Phi) is 6.53. The largest absolute Gasteiger partial charge is 0.354 e. The maximum absolute atomic E-state index is 12.6. The van der Waals surface area contributed by atoms with Crippen LogP contribution in [0.4, 0.5) is 5.13 Å². The third kappa shape index (κ3) is 4.37. The molecule has 1 aliphatic heterocycles. The van der Waals surface area contributed by atoms with Crippen molar-refractivity contribution in [1.82, 2.24) is 19.9 Å². The monoisotopic (exact) mass is 395 g/mol. The smallest absolute Gasteiger partial charge is 0.275 e. The first-order valence-electron chi connectivity index (χ1n) is 9.09. The average Bonchev–Trinajstić information content (AvgIpc) is 3.24. The van der Waals surface area contributed by atoms with Crippen molar-refractivity contribution in [2.45, 2.75) is 45.6 Å². The van der Waals surface area contributed by atoms with E-state index in [1.165, 1.54) is 34.1 Å². The van der Waals surface area contributed by atoms with Crippen LogP contribution in [0.1, 0.15) is 38.3 Å². The molecule has 0 aliphatic carbocycles. The summed E-state index contributed by atoms with van der Waals surface area (Å²) >= 11 is 3.29. The molecule has 1 saturated heterocycles. The standard InChI is InChI=1S/C17H25N5O2S2/c1-3-9-25-10-5-7-18-15(24)13-6-4-8-21(13)17-20-22-14(23)11-12(2)19-16(22)26-17/h11,13H,3-10H2,1-2H3,(H,18,24)/t13-/m0/s1. The lowest BCUT2D eigenvalue weighted by atomic mass is 10.2. The van der Waals surface area contributed by atoms with Gasteiger partial charge in [-0.1, -0.05) is 18.3 Å². The lowest BCUT2D eigenvalue weighted by Crippen LogP contribution is -2.43. The topological polar surface area (TPSA) is 79.6 Å². The molecule has 0 spiro atoms. The van der Waals surface area contributed by atoms with Crippen LogP contribution >= 0.6 is 23.1 Å². The number of aromatic nitrogens is 3. The summed E-state index contributed by atoms with van der Waals surface area (Å²) in [6.07, 6.45) is 3.94. The lowest BCUT2D eigenvalue weighted by molar-refractivity contribution is -0.122. The van der Waals surface area contributed by atoms with Gasteiger partial charge >= 0.3 is 0 Å². The summed E-state index contributed by atoms with van der Waals surface area (Å²) in [7, 11) is 0. The van der Waals surface area contributed by atoms with Gasteiger partial charge in [-0.3, -0.25) is 9.59 Å². The number of fused-ring (bicyclic) bond motifs is 1. The van der Waals surface area contributed by atoms with E-state index in [-0.39, 0.29) is 17.5 Å². The molecule has 0 bridgehead atoms. The highest BCUT2D eigenvalue weighted by molar-refractivity contribution is 7.99. The fourth-order valence-electron chi connectivity index (χ4n) is 3.04. The predicted octanol–water partition coefficient (Wildman–Crippen LogP) is 2.08. The van der Waals surface area contributed by atoms with Crippen molar-refractivity contribution in [2.24, 2.45) is 0 Å². The molecular formula is C17H25N5O2S2. The van der Waals surface area contributed by atoms with E-state index < -0.39 is 0 Å². The summed E-state index contributed by atoms with van der Waals surface area (Å²) in [5.74, 6) is 2.31. The molecule has 7 nitrogen and oxygen atoms in total. The number of rotatable bonds is 8. The van der Waals surface area contributed by atoms with E-state index in [0.717, 1.165) is 31.6 Å². The van der Waals surface area contributed by atoms with Gasteiger partial charge in [0, 0.05) is 24.8 Å². The van der Waals surface area contributed by atoms with E-state index in [4.69, 9.17) is 0 Å². The Morgan fingerprint density at radius 2 is 2.31 bits per heavy atom. The van der Waals surface area contributed by atoms with Crippen LogP contribution in [0.15, 0.2) is 10.9 Å². The zero-order chi connectivity index (χ0) is 18.5. The molecule has 0 aromatic carbocycles. The summed E-state index contributed by atoms with van der Waals surface area (Å²) in [4.78, 5) is 31.6. The molecule has 3 heterocycles. The Morgan fingerprint density at radius 3 is 3.12 bits per heavy atom. The first kappa shape index (κ1) is 19.2. The fourth-order valence-corrected chi connectivity index (χ4v) is 4.91. The highest BCUT2D eigenvalue weighted by Gasteiger charge is 2.32. The SMILES string of the molecule is CCCSCCCNC(=O)[C@@H]1CCCN1c1nn2c(=O)cc(C)nc2s1. The van der Waals surface area contributed by atoms with E-state index >= 15 is 0 Å². The van der Waals surface area contributed by atoms with Crippen molar-refractivity contribution < 1.29 is 4.79 Å². The van der Waals surface area contributed by atoms with Gasteiger partial charge in [-0.15, -0.1) is 5.10 Å². The molecule has 1 amide bonds. The van der Waals surface area contributed by atoms with Crippen LogP contribution in [0.3, 0.4) is 0 Å². The molecule has 0 saturated carbocycles. The second kappa shape index (κ2) is 8.85. The summed E-state index contributed by atoms with van der Waals surface area (Å²) in [6, 6.07) is 1.26. The van der Waals surface area contributed by atoms with Gasteiger partial charge in [0.25, 0.3) is 5.56 Å². The van der Waals surface area contributed by atoms with Crippen LogP contribution in [0.5, 0.6) is 0 Å². The molecular weight excluding hydrogens is 370 g/mol. The summed E-state index contributed by atoms with van der Waals surface area (Å²) in [5, 5.41) is 8.15.